The second-order valence-electron chi connectivity index (χ2n) is 4.13. The van der Waals surface area contributed by atoms with Crippen LogP contribution >= 0.6 is 0 Å². The highest BCUT2D eigenvalue weighted by Crippen LogP contribution is 2.16. The molecule has 0 aliphatic heterocycles. The number of nitrogens with zero attached hydrogens (tertiary/aromatic N) is 1. The molecule has 0 amide bonds. The first-order chi connectivity index (χ1) is 8.88. The van der Waals surface area contributed by atoms with E-state index in [1.54, 1.807) is 19.1 Å². The standard InChI is InChI=1S/C12H13N3O3S/c1-8-6-12(14-13-8)15-19(17,18)11-5-3-4-10(7-11)9(2)16/h3-7H,1-2H3,(H2,13,14,15). The summed E-state index contributed by atoms with van der Waals surface area (Å²) >= 11 is 0. The monoisotopic (exact) mass is 279 g/mol. The lowest BCUT2D eigenvalue weighted by Gasteiger charge is -2.06. The van der Waals surface area contributed by atoms with Gasteiger partial charge in [0.15, 0.2) is 11.6 Å². The fourth-order valence-corrected chi connectivity index (χ4v) is 2.59. The minimum absolute atomic E-state index is 0.0286. The molecule has 0 unspecified atom stereocenters. The number of carbonyl (C=O) groups is 1. The second-order valence-corrected chi connectivity index (χ2v) is 5.81. The number of H-pyrrole nitrogens is 1. The van der Waals surface area contributed by atoms with E-state index in [0.717, 1.165) is 5.69 Å². The maximum Gasteiger partial charge on any atom is 0.263 e. The van der Waals surface area contributed by atoms with Crippen molar-refractivity contribution in [2.75, 3.05) is 4.72 Å². The Hall–Kier alpha value is -2.15. The minimum Gasteiger partial charge on any atom is -0.295 e. The molecule has 2 N–H and O–H groups in total. The molecule has 0 saturated heterocycles. The second kappa shape index (κ2) is 4.85. The molecule has 0 spiro atoms. The zero-order valence-electron chi connectivity index (χ0n) is 10.5. The number of hydrogen-bond acceptors (Lipinski definition) is 4. The molecular weight excluding hydrogens is 266 g/mol. The van der Waals surface area contributed by atoms with Crippen molar-refractivity contribution in [1.29, 1.82) is 0 Å². The number of Topliss-reactive ketones (excluding diaryl/α,β-unsaturated/α-hetero) is 1. The summed E-state index contributed by atoms with van der Waals surface area (Å²) in [6, 6.07) is 7.44. The number of aromatic amines is 1. The first-order valence-corrected chi connectivity index (χ1v) is 7.02. The minimum atomic E-state index is -3.74. The molecule has 0 radical (unpaired) electrons. The number of aromatic nitrogens is 2. The van der Waals surface area contributed by atoms with Gasteiger partial charge in [-0.25, -0.2) is 8.42 Å². The van der Waals surface area contributed by atoms with Gasteiger partial charge in [0.2, 0.25) is 0 Å². The van der Waals surface area contributed by atoms with E-state index in [1.165, 1.54) is 25.1 Å². The highest BCUT2D eigenvalue weighted by atomic mass is 32.2. The molecule has 6 nitrogen and oxygen atoms in total. The summed E-state index contributed by atoms with van der Waals surface area (Å²) in [5.74, 6) is 0.0263. The average Bonchev–Trinajstić information content (AvgIpc) is 2.74. The van der Waals surface area contributed by atoms with E-state index in [2.05, 4.69) is 14.9 Å². The highest BCUT2D eigenvalue weighted by molar-refractivity contribution is 7.92. The molecule has 0 fully saturated rings. The van der Waals surface area contributed by atoms with Crippen molar-refractivity contribution in [1.82, 2.24) is 10.2 Å². The van der Waals surface area contributed by atoms with Crippen LogP contribution in [-0.4, -0.2) is 24.4 Å². The van der Waals surface area contributed by atoms with Crippen LogP contribution in [-0.2, 0) is 10.0 Å². The zero-order chi connectivity index (χ0) is 14.0. The molecular formula is C12H13N3O3S. The maximum atomic E-state index is 12.1. The van der Waals surface area contributed by atoms with Gasteiger partial charge in [0.1, 0.15) is 0 Å². The van der Waals surface area contributed by atoms with Crippen molar-refractivity contribution in [2.24, 2.45) is 0 Å². The van der Waals surface area contributed by atoms with Crippen LogP contribution in [0.3, 0.4) is 0 Å². The van der Waals surface area contributed by atoms with Crippen LogP contribution in [0.5, 0.6) is 0 Å². The van der Waals surface area contributed by atoms with Crippen LogP contribution in [0.2, 0.25) is 0 Å². The Kier molecular flexibility index (Phi) is 3.39. The number of benzene rings is 1. The lowest BCUT2D eigenvalue weighted by atomic mass is 10.2. The summed E-state index contributed by atoms with van der Waals surface area (Å²) in [6.45, 7) is 3.15. The molecule has 0 atom stereocenters. The summed E-state index contributed by atoms with van der Waals surface area (Å²) in [4.78, 5) is 11.3. The van der Waals surface area contributed by atoms with Gasteiger partial charge in [0.05, 0.1) is 4.90 Å². The first kappa shape index (κ1) is 13.3. The van der Waals surface area contributed by atoms with E-state index >= 15 is 0 Å². The van der Waals surface area contributed by atoms with Crippen LogP contribution in [0.4, 0.5) is 5.82 Å². The molecule has 100 valence electrons. The summed E-state index contributed by atoms with van der Waals surface area (Å²) in [5, 5.41) is 6.44. The smallest absolute Gasteiger partial charge is 0.263 e. The molecule has 2 rings (SSSR count). The van der Waals surface area contributed by atoms with Gasteiger partial charge in [-0.3, -0.25) is 14.6 Å². The lowest BCUT2D eigenvalue weighted by molar-refractivity contribution is 0.101. The first-order valence-electron chi connectivity index (χ1n) is 5.54. The van der Waals surface area contributed by atoms with Gasteiger partial charge in [-0.1, -0.05) is 12.1 Å². The third kappa shape index (κ3) is 3.00. The van der Waals surface area contributed by atoms with Crippen molar-refractivity contribution in [3.05, 3.63) is 41.6 Å². The topological polar surface area (TPSA) is 91.9 Å². The van der Waals surface area contributed by atoms with Gasteiger partial charge < -0.3 is 0 Å². The van der Waals surface area contributed by atoms with Crippen molar-refractivity contribution in [2.45, 2.75) is 18.7 Å². The van der Waals surface area contributed by atoms with E-state index < -0.39 is 10.0 Å². The largest absolute Gasteiger partial charge is 0.295 e. The third-order valence-electron chi connectivity index (χ3n) is 2.50. The number of rotatable bonds is 4. The van der Waals surface area contributed by atoms with Crippen LogP contribution in [0.15, 0.2) is 35.2 Å². The van der Waals surface area contributed by atoms with Gasteiger partial charge in [-0.2, -0.15) is 5.10 Å². The molecule has 1 aromatic carbocycles. The molecule has 2 aromatic rings. The number of aryl methyl sites for hydroxylation is 1. The Balaban J connectivity index is 2.34. The molecule has 0 bridgehead atoms. The van der Waals surface area contributed by atoms with Gasteiger partial charge in [0, 0.05) is 17.3 Å². The lowest BCUT2D eigenvalue weighted by Crippen LogP contribution is -2.13. The Labute approximate surface area is 110 Å². The van der Waals surface area contributed by atoms with Crippen LogP contribution in [0, 0.1) is 6.92 Å². The van der Waals surface area contributed by atoms with Gasteiger partial charge >= 0.3 is 0 Å². The summed E-state index contributed by atoms with van der Waals surface area (Å²) in [5.41, 5.74) is 1.09. The fourth-order valence-electron chi connectivity index (χ4n) is 1.55. The van der Waals surface area contributed by atoms with Crippen molar-refractivity contribution in [3.63, 3.8) is 0 Å². The van der Waals surface area contributed by atoms with Gasteiger partial charge in [-0.15, -0.1) is 0 Å². The predicted molar refractivity (Wildman–Crippen MR) is 70.6 cm³/mol. The number of ketones is 1. The number of sulfonamides is 1. The molecule has 0 aliphatic carbocycles. The fraction of sp³-hybridized carbons (Fsp3) is 0.167. The quantitative estimate of drug-likeness (QED) is 0.833. The van der Waals surface area contributed by atoms with Crippen LogP contribution in [0.1, 0.15) is 23.0 Å². The SMILES string of the molecule is CC(=O)c1cccc(S(=O)(=O)Nc2cc(C)[nH]n2)c1. The van der Waals surface area contributed by atoms with Crippen molar-refractivity contribution >= 4 is 21.6 Å². The Morgan fingerprint density at radius 3 is 2.63 bits per heavy atom. The molecule has 1 aromatic heterocycles. The van der Waals surface area contributed by atoms with Gasteiger partial charge in [0.25, 0.3) is 10.0 Å². The van der Waals surface area contributed by atoms with Crippen molar-refractivity contribution < 1.29 is 13.2 Å². The zero-order valence-corrected chi connectivity index (χ0v) is 11.3. The van der Waals surface area contributed by atoms with Crippen molar-refractivity contribution in [3.8, 4) is 0 Å². The Morgan fingerprint density at radius 2 is 2.05 bits per heavy atom. The van der Waals surface area contributed by atoms with E-state index in [0.29, 0.717) is 5.56 Å². The number of hydrogen-bond donors (Lipinski definition) is 2. The predicted octanol–water partition coefficient (Wildman–Crippen LogP) is 1.72. The number of nitrogens with one attached hydrogen (secondary N) is 2. The average molecular weight is 279 g/mol. The van der Waals surface area contributed by atoms with E-state index in [9.17, 15) is 13.2 Å². The molecule has 7 heteroatoms. The Morgan fingerprint density at radius 1 is 1.32 bits per heavy atom. The summed E-state index contributed by atoms with van der Waals surface area (Å²) < 4.78 is 26.6. The third-order valence-corrected chi connectivity index (χ3v) is 3.85. The molecule has 0 saturated carbocycles. The summed E-state index contributed by atoms with van der Waals surface area (Å²) in [7, 11) is -3.74. The van der Waals surface area contributed by atoms with Crippen LogP contribution in [0.25, 0.3) is 0 Å². The number of anilines is 1. The molecule has 0 aliphatic rings. The van der Waals surface area contributed by atoms with Gasteiger partial charge in [-0.05, 0) is 26.0 Å². The van der Waals surface area contributed by atoms with E-state index in [1.807, 2.05) is 0 Å². The highest BCUT2D eigenvalue weighted by Gasteiger charge is 2.16. The van der Waals surface area contributed by atoms with Crippen LogP contribution < -0.4 is 4.72 Å². The Bertz CT molecular complexity index is 719. The van der Waals surface area contributed by atoms with E-state index in [-0.39, 0.29) is 16.5 Å². The summed E-state index contributed by atoms with van der Waals surface area (Å²) in [6.07, 6.45) is 0. The molecule has 19 heavy (non-hydrogen) atoms. The normalized spacial score (nSPS) is 11.3. The van der Waals surface area contributed by atoms with E-state index in [4.69, 9.17) is 0 Å². The number of carbonyl (C=O) groups excluding carboxylic acids is 1. The maximum absolute atomic E-state index is 12.1. The molecule has 1 heterocycles.